The molecule has 2 nitrogen and oxygen atoms in total. The molecule has 2 rings (SSSR count). The van der Waals surface area contributed by atoms with Crippen LogP contribution in [-0.4, -0.2) is 19.2 Å². The van der Waals surface area contributed by atoms with Crippen molar-refractivity contribution in [2.45, 2.75) is 52.0 Å². The lowest BCUT2D eigenvalue weighted by Gasteiger charge is -2.26. The minimum absolute atomic E-state index is 0.171. The Morgan fingerprint density at radius 1 is 1.37 bits per heavy atom. The van der Waals surface area contributed by atoms with E-state index in [2.05, 4.69) is 58.1 Å². The lowest BCUT2D eigenvalue weighted by Crippen LogP contribution is -2.41. The maximum Gasteiger partial charge on any atom is 0.122 e. The van der Waals surface area contributed by atoms with Crippen LogP contribution in [0.25, 0.3) is 0 Å². The van der Waals surface area contributed by atoms with Crippen LogP contribution >= 0.6 is 0 Å². The second-order valence-corrected chi connectivity index (χ2v) is 7.05. The SMILES string of the molecule is COc1cc(C2(CNC(C)(C)C)CC2C)ccc1C. The molecule has 1 N–H and O–H groups in total. The van der Waals surface area contributed by atoms with Crippen LogP contribution in [0.2, 0.25) is 0 Å². The molecule has 0 spiro atoms. The molecule has 1 aliphatic carbocycles. The Hall–Kier alpha value is -1.02. The Labute approximate surface area is 117 Å². The lowest BCUT2D eigenvalue weighted by molar-refractivity contribution is 0.388. The smallest absolute Gasteiger partial charge is 0.122 e. The summed E-state index contributed by atoms with van der Waals surface area (Å²) in [4.78, 5) is 0. The summed E-state index contributed by atoms with van der Waals surface area (Å²) in [5.41, 5.74) is 3.09. The average Bonchev–Trinajstić information content (AvgIpc) is 2.99. The number of aryl methyl sites for hydroxylation is 1. The van der Waals surface area contributed by atoms with Gasteiger partial charge in [-0.2, -0.15) is 0 Å². The van der Waals surface area contributed by atoms with Crippen molar-refractivity contribution in [3.63, 3.8) is 0 Å². The van der Waals surface area contributed by atoms with Crippen molar-refractivity contribution in [3.8, 4) is 5.75 Å². The standard InChI is InChI=1S/C17H27NO/c1-12-7-8-14(9-15(12)19-6)17(10-13(17)2)11-18-16(3,4)5/h7-9,13,18H,10-11H2,1-6H3. The van der Waals surface area contributed by atoms with E-state index in [-0.39, 0.29) is 5.54 Å². The first-order valence-electron chi connectivity index (χ1n) is 7.19. The van der Waals surface area contributed by atoms with Crippen LogP contribution in [0.15, 0.2) is 18.2 Å². The predicted octanol–water partition coefficient (Wildman–Crippen LogP) is 3.67. The number of methoxy groups -OCH3 is 1. The Bertz CT molecular complexity index is 461. The molecule has 1 fully saturated rings. The highest BCUT2D eigenvalue weighted by Crippen LogP contribution is 2.54. The van der Waals surface area contributed by atoms with Crippen molar-refractivity contribution < 1.29 is 4.74 Å². The van der Waals surface area contributed by atoms with E-state index in [4.69, 9.17) is 4.74 Å². The number of rotatable bonds is 4. The van der Waals surface area contributed by atoms with Crippen molar-refractivity contribution in [3.05, 3.63) is 29.3 Å². The second-order valence-electron chi connectivity index (χ2n) is 7.05. The van der Waals surface area contributed by atoms with Crippen LogP contribution in [0, 0.1) is 12.8 Å². The Morgan fingerprint density at radius 3 is 2.47 bits per heavy atom. The van der Waals surface area contributed by atoms with Gasteiger partial charge in [-0.3, -0.25) is 0 Å². The maximum absolute atomic E-state index is 5.47. The van der Waals surface area contributed by atoms with E-state index < -0.39 is 0 Å². The molecular formula is C17H27NO. The van der Waals surface area contributed by atoms with Crippen molar-refractivity contribution in [2.75, 3.05) is 13.7 Å². The van der Waals surface area contributed by atoms with Crippen LogP contribution in [0.5, 0.6) is 5.75 Å². The van der Waals surface area contributed by atoms with Gasteiger partial charge in [-0.15, -0.1) is 0 Å². The average molecular weight is 261 g/mol. The van der Waals surface area contributed by atoms with E-state index in [1.807, 2.05) is 0 Å². The molecule has 2 atom stereocenters. The Kier molecular flexibility index (Phi) is 3.65. The fourth-order valence-corrected chi connectivity index (χ4v) is 2.79. The van der Waals surface area contributed by atoms with Gasteiger partial charge in [0.05, 0.1) is 7.11 Å². The van der Waals surface area contributed by atoms with Crippen molar-refractivity contribution >= 4 is 0 Å². The molecule has 19 heavy (non-hydrogen) atoms. The topological polar surface area (TPSA) is 21.3 Å². The minimum atomic E-state index is 0.171. The van der Waals surface area contributed by atoms with Gasteiger partial charge in [0.1, 0.15) is 5.75 Å². The van der Waals surface area contributed by atoms with Crippen LogP contribution in [-0.2, 0) is 5.41 Å². The maximum atomic E-state index is 5.47. The van der Waals surface area contributed by atoms with Crippen LogP contribution < -0.4 is 10.1 Å². The molecule has 106 valence electrons. The summed E-state index contributed by atoms with van der Waals surface area (Å²) < 4.78 is 5.47. The van der Waals surface area contributed by atoms with Gasteiger partial charge in [-0.1, -0.05) is 19.1 Å². The summed E-state index contributed by atoms with van der Waals surface area (Å²) in [6.07, 6.45) is 1.27. The van der Waals surface area contributed by atoms with Gasteiger partial charge in [0.15, 0.2) is 0 Å². The van der Waals surface area contributed by atoms with Gasteiger partial charge in [-0.05, 0) is 57.2 Å². The number of benzene rings is 1. The summed E-state index contributed by atoms with van der Waals surface area (Å²) >= 11 is 0. The van der Waals surface area contributed by atoms with Crippen molar-refractivity contribution in [1.29, 1.82) is 0 Å². The highest BCUT2D eigenvalue weighted by Gasteiger charge is 2.52. The van der Waals surface area contributed by atoms with E-state index in [1.165, 1.54) is 17.5 Å². The highest BCUT2D eigenvalue weighted by atomic mass is 16.5. The number of hydrogen-bond donors (Lipinski definition) is 1. The highest BCUT2D eigenvalue weighted by molar-refractivity contribution is 5.43. The molecule has 0 radical (unpaired) electrons. The van der Waals surface area contributed by atoms with Gasteiger partial charge in [0.2, 0.25) is 0 Å². The second kappa shape index (κ2) is 4.82. The molecule has 0 aliphatic heterocycles. The number of hydrogen-bond acceptors (Lipinski definition) is 2. The zero-order valence-electron chi connectivity index (χ0n) is 13.1. The Balaban J connectivity index is 2.23. The van der Waals surface area contributed by atoms with E-state index in [0.717, 1.165) is 18.2 Å². The monoisotopic (exact) mass is 261 g/mol. The molecule has 1 saturated carbocycles. The zero-order valence-corrected chi connectivity index (χ0v) is 13.1. The zero-order chi connectivity index (χ0) is 14.3. The van der Waals surface area contributed by atoms with E-state index in [9.17, 15) is 0 Å². The largest absolute Gasteiger partial charge is 0.496 e. The molecule has 1 aromatic rings. The fourth-order valence-electron chi connectivity index (χ4n) is 2.79. The molecule has 0 heterocycles. The van der Waals surface area contributed by atoms with Crippen molar-refractivity contribution in [2.24, 2.45) is 5.92 Å². The fraction of sp³-hybridized carbons (Fsp3) is 0.647. The minimum Gasteiger partial charge on any atom is -0.496 e. The summed E-state index contributed by atoms with van der Waals surface area (Å²) in [7, 11) is 1.75. The van der Waals surface area contributed by atoms with Crippen molar-refractivity contribution in [1.82, 2.24) is 5.32 Å². The third kappa shape index (κ3) is 2.94. The quantitative estimate of drug-likeness (QED) is 0.893. The van der Waals surface area contributed by atoms with E-state index in [0.29, 0.717) is 5.41 Å². The molecule has 2 heteroatoms. The van der Waals surface area contributed by atoms with Gasteiger partial charge in [0, 0.05) is 17.5 Å². The first kappa shape index (κ1) is 14.4. The molecule has 0 aromatic heterocycles. The lowest BCUT2D eigenvalue weighted by atomic mass is 9.91. The van der Waals surface area contributed by atoms with Crippen LogP contribution in [0.1, 0.15) is 45.2 Å². The van der Waals surface area contributed by atoms with E-state index in [1.54, 1.807) is 7.11 Å². The number of ether oxygens (including phenoxy) is 1. The third-order valence-electron chi connectivity index (χ3n) is 4.37. The van der Waals surface area contributed by atoms with E-state index >= 15 is 0 Å². The molecule has 0 amide bonds. The van der Waals surface area contributed by atoms with Crippen LogP contribution in [0.4, 0.5) is 0 Å². The molecule has 1 aliphatic rings. The first-order chi connectivity index (χ1) is 8.78. The molecule has 0 saturated heterocycles. The molecule has 0 bridgehead atoms. The Morgan fingerprint density at radius 2 is 2.00 bits per heavy atom. The molecule has 2 unspecified atom stereocenters. The summed E-state index contributed by atoms with van der Waals surface area (Å²) in [5.74, 6) is 1.75. The van der Waals surface area contributed by atoms with Gasteiger partial charge in [0.25, 0.3) is 0 Å². The molecular weight excluding hydrogens is 234 g/mol. The first-order valence-corrected chi connectivity index (χ1v) is 7.19. The van der Waals surface area contributed by atoms with Gasteiger partial charge < -0.3 is 10.1 Å². The van der Waals surface area contributed by atoms with Crippen LogP contribution in [0.3, 0.4) is 0 Å². The summed E-state index contributed by atoms with van der Waals surface area (Å²) in [6.45, 7) is 12.2. The summed E-state index contributed by atoms with van der Waals surface area (Å²) in [5, 5.41) is 3.66. The van der Waals surface area contributed by atoms with Gasteiger partial charge >= 0.3 is 0 Å². The van der Waals surface area contributed by atoms with Gasteiger partial charge in [-0.25, -0.2) is 0 Å². The third-order valence-corrected chi connectivity index (χ3v) is 4.37. The number of nitrogens with one attached hydrogen (secondary N) is 1. The summed E-state index contributed by atoms with van der Waals surface area (Å²) in [6, 6.07) is 6.67. The normalized spacial score (nSPS) is 26.3. The molecule has 1 aromatic carbocycles. The predicted molar refractivity (Wildman–Crippen MR) is 80.9 cm³/mol.